The fraction of sp³-hybridized carbons (Fsp3) is 0.940. The van der Waals surface area contributed by atoms with E-state index in [2.05, 4.69) is 48.5 Å². The average molecular weight is 1270 g/mol. The van der Waals surface area contributed by atoms with Crippen LogP contribution >= 0.6 is 15.6 Å². The fourth-order valence-corrected chi connectivity index (χ4v) is 11.6. The molecule has 0 aromatic rings. The van der Waals surface area contributed by atoms with Crippen LogP contribution in [0.4, 0.5) is 0 Å². The zero-order valence-corrected chi connectivity index (χ0v) is 57.6. The molecule has 0 aromatic heterocycles. The summed E-state index contributed by atoms with van der Waals surface area (Å²) in [5.74, 6) is 0.110. The van der Waals surface area contributed by atoms with Gasteiger partial charge in [0.05, 0.1) is 26.4 Å². The van der Waals surface area contributed by atoms with Gasteiger partial charge in [0, 0.05) is 25.7 Å². The normalized spacial score (nSPS) is 14.6. The van der Waals surface area contributed by atoms with Gasteiger partial charge < -0.3 is 33.8 Å². The average Bonchev–Trinajstić information content (AvgIpc) is 3.50. The minimum absolute atomic E-state index is 0.101. The molecule has 0 fully saturated rings. The lowest BCUT2D eigenvalue weighted by Crippen LogP contribution is -2.30. The number of rotatable bonds is 65. The third kappa shape index (κ3) is 59.7. The predicted octanol–water partition coefficient (Wildman–Crippen LogP) is 18.7. The van der Waals surface area contributed by atoms with Crippen LogP contribution < -0.4 is 0 Å². The van der Waals surface area contributed by atoms with Crippen molar-refractivity contribution in [1.29, 1.82) is 0 Å². The number of aliphatic hydroxyl groups excluding tert-OH is 1. The van der Waals surface area contributed by atoms with Crippen molar-refractivity contribution in [3.63, 3.8) is 0 Å². The predicted molar refractivity (Wildman–Crippen MR) is 344 cm³/mol. The lowest BCUT2D eigenvalue weighted by atomic mass is 9.99. The molecule has 17 nitrogen and oxygen atoms in total. The van der Waals surface area contributed by atoms with Gasteiger partial charge in [-0.05, 0) is 43.4 Å². The van der Waals surface area contributed by atoms with E-state index in [1.54, 1.807) is 0 Å². The molecule has 0 saturated carbocycles. The molecule has 0 heterocycles. The highest BCUT2D eigenvalue weighted by Crippen LogP contribution is 2.45. The summed E-state index contributed by atoms with van der Waals surface area (Å²) in [5.41, 5.74) is 0. The molecule has 0 amide bonds. The SMILES string of the molecule is CCCCCCCCCC(=O)OC[C@H](COP(=O)(O)OC[C@H](O)COP(=O)(O)OC[C@@H](COC(=O)CCCCCCCCCCC(C)CC)OC(=O)CCCCCCCCCCCCCCCCCC(C)C)OC(=O)CCCCCCCCC(C)C. The van der Waals surface area contributed by atoms with Crippen molar-refractivity contribution in [1.82, 2.24) is 0 Å². The Hall–Kier alpha value is -1.94. The number of carbonyl (C=O) groups excluding carboxylic acids is 4. The zero-order valence-electron chi connectivity index (χ0n) is 55.8. The Labute approximate surface area is 524 Å². The summed E-state index contributed by atoms with van der Waals surface area (Å²) in [5, 5.41) is 10.5. The van der Waals surface area contributed by atoms with Gasteiger partial charge in [-0.1, -0.05) is 280 Å². The summed E-state index contributed by atoms with van der Waals surface area (Å²) < 4.78 is 68.0. The monoisotopic (exact) mass is 1270 g/mol. The van der Waals surface area contributed by atoms with E-state index >= 15 is 0 Å². The standard InChI is InChI=1S/C67H130O17P2/c1-8-10-11-12-24-34-41-48-64(69)77-54-63(84-67(72)51-44-37-30-29-32-39-46-59(5)6)57-82-86(75,76)80-53-61(68)52-79-85(73,74)81-56-62(55-78-65(70)49-42-35-27-23-22-26-33-40-47-60(7)9-2)83-66(71)50-43-36-28-21-19-17-15-13-14-16-18-20-25-31-38-45-58(3)4/h58-63,68H,8-57H2,1-7H3,(H,73,74)(H,75,76)/t60?,61-,62-,63-/m1/s1. The third-order valence-electron chi connectivity index (χ3n) is 15.7. The highest BCUT2D eigenvalue weighted by atomic mass is 31.2. The second-order valence-corrected chi connectivity index (χ2v) is 28.3. The molecule has 6 atom stereocenters. The van der Waals surface area contributed by atoms with Crippen molar-refractivity contribution in [2.24, 2.45) is 17.8 Å². The Kier molecular flexibility index (Phi) is 56.9. The van der Waals surface area contributed by atoms with E-state index in [1.807, 2.05) is 0 Å². The molecular formula is C67H130O17P2. The molecule has 0 aromatic carbocycles. The van der Waals surface area contributed by atoms with Crippen LogP contribution in [0.25, 0.3) is 0 Å². The van der Waals surface area contributed by atoms with E-state index in [0.29, 0.717) is 31.6 Å². The Morgan fingerprint density at radius 3 is 0.884 bits per heavy atom. The molecule has 0 aliphatic heterocycles. The number of hydrogen-bond acceptors (Lipinski definition) is 15. The number of phosphoric acid groups is 2. The first-order valence-corrected chi connectivity index (χ1v) is 37.9. The van der Waals surface area contributed by atoms with Gasteiger partial charge in [0.25, 0.3) is 0 Å². The van der Waals surface area contributed by atoms with Crippen LogP contribution in [0.15, 0.2) is 0 Å². The maximum absolute atomic E-state index is 13.0. The van der Waals surface area contributed by atoms with Crippen LogP contribution in [0.3, 0.4) is 0 Å². The molecule has 0 radical (unpaired) electrons. The van der Waals surface area contributed by atoms with Crippen LogP contribution in [-0.4, -0.2) is 96.7 Å². The summed E-state index contributed by atoms with van der Waals surface area (Å²) in [4.78, 5) is 72.2. The number of esters is 4. The first-order valence-electron chi connectivity index (χ1n) is 34.9. The molecule has 19 heteroatoms. The summed E-state index contributed by atoms with van der Waals surface area (Å²) in [6, 6.07) is 0. The maximum Gasteiger partial charge on any atom is 0.472 e. The van der Waals surface area contributed by atoms with Crippen molar-refractivity contribution in [3.8, 4) is 0 Å². The van der Waals surface area contributed by atoms with Gasteiger partial charge in [0.2, 0.25) is 0 Å². The van der Waals surface area contributed by atoms with Gasteiger partial charge >= 0.3 is 39.5 Å². The molecule has 0 rings (SSSR count). The number of carbonyl (C=O) groups is 4. The van der Waals surface area contributed by atoms with E-state index in [0.717, 1.165) is 115 Å². The van der Waals surface area contributed by atoms with Crippen LogP contribution in [0.1, 0.15) is 331 Å². The van der Waals surface area contributed by atoms with Gasteiger partial charge in [-0.15, -0.1) is 0 Å². The van der Waals surface area contributed by atoms with Crippen LogP contribution in [-0.2, 0) is 65.4 Å². The van der Waals surface area contributed by atoms with Crippen molar-refractivity contribution in [2.75, 3.05) is 39.6 Å². The molecule has 0 saturated heterocycles. The Morgan fingerprint density at radius 1 is 0.337 bits per heavy atom. The first-order chi connectivity index (χ1) is 41.3. The third-order valence-corrected chi connectivity index (χ3v) is 17.6. The molecular weight excluding hydrogens is 1140 g/mol. The van der Waals surface area contributed by atoms with Crippen LogP contribution in [0.2, 0.25) is 0 Å². The summed E-state index contributed by atoms with van der Waals surface area (Å²) in [7, 11) is -9.89. The Balaban J connectivity index is 5.19. The van der Waals surface area contributed by atoms with Crippen LogP contribution in [0.5, 0.6) is 0 Å². The van der Waals surface area contributed by atoms with E-state index in [-0.39, 0.29) is 25.7 Å². The van der Waals surface area contributed by atoms with Crippen molar-refractivity contribution in [3.05, 3.63) is 0 Å². The minimum Gasteiger partial charge on any atom is -0.462 e. The molecule has 510 valence electrons. The van der Waals surface area contributed by atoms with Crippen molar-refractivity contribution in [2.45, 2.75) is 349 Å². The first kappa shape index (κ1) is 84.1. The number of phosphoric ester groups is 2. The zero-order chi connectivity index (χ0) is 63.8. The smallest absolute Gasteiger partial charge is 0.462 e. The minimum atomic E-state index is -4.95. The topological polar surface area (TPSA) is 237 Å². The van der Waals surface area contributed by atoms with Crippen LogP contribution in [0, 0.1) is 17.8 Å². The number of ether oxygens (including phenoxy) is 4. The lowest BCUT2D eigenvalue weighted by Gasteiger charge is -2.21. The largest absolute Gasteiger partial charge is 0.472 e. The van der Waals surface area contributed by atoms with Crippen molar-refractivity contribution >= 4 is 39.5 Å². The van der Waals surface area contributed by atoms with E-state index in [1.165, 1.54) is 128 Å². The second-order valence-electron chi connectivity index (χ2n) is 25.4. The molecule has 0 aliphatic carbocycles. The number of aliphatic hydroxyl groups is 1. The highest BCUT2D eigenvalue weighted by molar-refractivity contribution is 7.47. The van der Waals surface area contributed by atoms with E-state index in [9.17, 15) is 43.2 Å². The number of unbranched alkanes of at least 4 members (excludes halogenated alkanes) is 32. The molecule has 3 N–H and O–H groups in total. The quantitative estimate of drug-likeness (QED) is 0.0222. The van der Waals surface area contributed by atoms with Crippen molar-refractivity contribution < 1.29 is 80.2 Å². The van der Waals surface area contributed by atoms with Gasteiger partial charge in [-0.25, -0.2) is 9.13 Å². The summed E-state index contributed by atoms with van der Waals surface area (Å²) >= 11 is 0. The summed E-state index contributed by atoms with van der Waals surface area (Å²) in [6.07, 6.45) is 40.6. The van der Waals surface area contributed by atoms with Gasteiger partial charge in [-0.2, -0.15) is 0 Å². The van der Waals surface area contributed by atoms with Gasteiger partial charge in [0.15, 0.2) is 12.2 Å². The highest BCUT2D eigenvalue weighted by Gasteiger charge is 2.30. The van der Waals surface area contributed by atoms with Gasteiger partial charge in [0.1, 0.15) is 19.3 Å². The Morgan fingerprint density at radius 2 is 0.593 bits per heavy atom. The van der Waals surface area contributed by atoms with Gasteiger partial charge in [-0.3, -0.25) is 37.3 Å². The number of hydrogen-bond donors (Lipinski definition) is 3. The molecule has 0 spiro atoms. The second kappa shape index (κ2) is 58.2. The summed E-state index contributed by atoms with van der Waals surface area (Å²) in [6.45, 7) is 11.7. The Bertz CT molecular complexity index is 1700. The van der Waals surface area contributed by atoms with E-state index < -0.39 is 97.5 Å². The fourth-order valence-electron chi connectivity index (χ4n) is 9.98. The molecule has 0 bridgehead atoms. The molecule has 0 aliphatic rings. The molecule has 86 heavy (non-hydrogen) atoms. The lowest BCUT2D eigenvalue weighted by molar-refractivity contribution is -0.161. The van der Waals surface area contributed by atoms with E-state index in [4.69, 9.17) is 37.0 Å². The maximum atomic E-state index is 13.0. The molecule has 3 unspecified atom stereocenters.